The molecular formula is C32H40N4. The van der Waals surface area contributed by atoms with Crippen LogP contribution in [0.4, 0.5) is 0 Å². The van der Waals surface area contributed by atoms with E-state index in [1.165, 1.54) is 33.4 Å². The Labute approximate surface area is 216 Å². The van der Waals surface area contributed by atoms with Gasteiger partial charge >= 0.3 is 0 Å². The molecule has 188 valence electrons. The van der Waals surface area contributed by atoms with Crippen LogP contribution in [0, 0.1) is 16.7 Å². The predicted octanol–water partition coefficient (Wildman–Crippen LogP) is 7.71. The van der Waals surface area contributed by atoms with E-state index in [0.717, 1.165) is 11.3 Å². The van der Waals surface area contributed by atoms with E-state index >= 15 is 0 Å². The normalized spacial score (nSPS) is 20.2. The topological polar surface area (TPSA) is 54.0 Å². The highest BCUT2D eigenvalue weighted by molar-refractivity contribution is 6.08. The molecule has 0 amide bonds. The zero-order valence-electron chi connectivity index (χ0n) is 23.5. The summed E-state index contributed by atoms with van der Waals surface area (Å²) >= 11 is 0. The number of hydrogen-bond donors (Lipinski definition) is 1. The fourth-order valence-electron chi connectivity index (χ4n) is 6.51. The second-order valence-corrected chi connectivity index (χ2v) is 13.1. The van der Waals surface area contributed by atoms with E-state index in [9.17, 15) is 0 Å². The fourth-order valence-corrected chi connectivity index (χ4v) is 6.51. The Morgan fingerprint density at radius 1 is 0.833 bits per heavy atom. The van der Waals surface area contributed by atoms with Gasteiger partial charge in [-0.3, -0.25) is 9.98 Å². The van der Waals surface area contributed by atoms with Crippen LogP contribution in [0.1, 0.15) is 97.1 Å². The zero-order chi connectivity index (χ0) is 26.4. The van der Waals surface area contributed by atoms with Crippen molar-refractivity contribution in [3.05, 3.63) is 76.9 Å². The molecule has 4 nitrogen and oxygen atoms in total. The number of imidazole rings is 1. The molecule has 0 fully saturated rings. The van der Waals surface area contributed by atoms with Gasteiger partial charge in [0.05, 0.1) is 5.71 Å². The first-order valence-corrected chi connectivity index (χ1v) is 13.1. The van der Waals surface area contributed by atoms with Gasteiger partial charge in [0.25, 0.3) is 0 Å². The van der Waals surface area contributed by atoms with E-state index in [1.54, 1.807) is 23.3 Å². The van der Waals surface area contributed by atoms with Crippen LogP contribution in [0.3, 0.4) is 0 Å². The van der Waals surface area contributed by atoms with Crippen molar-refractivity contribution in [1.82, 2.24) is 9.55 Å². The van der Waals surface area contributed by atoms with Gasteiger partial charge in [-0.05, 0) is 73.2 Å². The Kier molecular flexibility index (Phi) is 5.14. The third kappa shape index (κ3) is 3.09. The average Bonchev–Trinajstić information content (AvgIpc) is 3.44. The monoisotopic (exact) mass is 480 g/mol. The number of rotatable bonds is 2. The predicted molar refractivity (Wildman–Crippen MR) is 151 cm³/mol. The molecular weight excluding hydrogens is 440 g/mol. The van der Waals surface area contributed by atoms with Crippen molar-refractivity contribution < 1.29 is 0 Å². The van der Waals surface area contributed by atoms with Gasteiger partial charge < -0.3 is 0 Å². The number of aliphatic imine (C=N–C) groups is 1. The molecule has 1 heterocycles. The summed E-state index contributed by atoms with van der Waals surface area (Å²) in [6.07, 6.45) is 5.06. The summed E-state index contributed by atoms with van der Waals surface area (Å²) in [6, 6.07) is 11.8. The van der Waals surface area contributed by atoms with Crippen molar-refractivity contribution in [1.29, 1.82) is 5.41 Å². The van der Waals surface area contributed by atoms with Crippen LogP contribution in [0.5, 0.6) is 0 Å². The molecule has 0 saturated carbocycles. The molecule has 0 saturated heterocycles. The average molecular weight is 481 g/mol. The molecule has 2 aromatic carbocycles. The molecule has 0 aliphatic heterocycles. The Hall–Kier alpha value is -3.01. The lowest BCUT2D eigenvalue weighted by molar-refractivity contribution is 0.125. The Morgan fingerprint density at radius 2 is 1.44 bits per heavy atom. The maximum atomic E-state index is 8.47. The van der Waals surface area contributed by atoms with Gasteiger partial charge in [0.1, 0.15) is 6.33 Å². The van der Waals surface area contributed by atoms with E-state index in [2.05, 4.69) is 105 Å². The van der Waals surface area contributed by atoms with Crippen LogP contribution in [0.25, 0.3) is 11.1 Å². The van der Waals surface area contributed by atoms with Crippen molar-refractivity contribution in [2.24, 2.45) is 16.3 Å². The van der Waals surface area contributed by atoms with Crippen molar-refractivity contribution in [3.8, 4) is 11.1 Å². The highest BCUT2D eigenvalue weighted by Gasteiger charge is 2.57. The van der Waals surface area contributed by atoms with Gasteiger partial charge in [-0.15, -0.1) is 0 Å². The first kappa shape index (κ1) is 24.7. The minimum atomic E-state index is -0.109. The standard InChI is InChI=1S/C32H40N4/c1-19(2)27(35-28(33)36-14-13-34-18-36)20-11-12-21-22-16-25-26(17-24(22)29(3,4)23(21)15-20)31(7,8)32(9,10)30(25,5)6/h11-19,33H,1-10H3. The van der Waals surface area contributed by atoms with Crippen LogP contribution in [-0.4, -0.2) is 21.2 Å². The number of nitrogens with one attached hydrogen (secondary N) is 1. The van der Waals surface area contributed by atoms with E-state index in [0.29, 0.717) is 0 Å². The third-order valence-corrected chi connectivity index (χ3v) is 10.1. The Balaban J connectivity index is 1.66. The summed E-state index contributed by atoms with van der Waals surface area (Å²) < 4.78 is 1.64. The molecule has 2 aliphatic rings. The summed E-state index contributed by atoms with van der Waals surface area (Å²) in [5, 5.41) is 8.47. The summed E-state index contributed by atoms with van der Waals surface area (Å²) in [7, 11) is 0. The summed E-state index contributed by atoms with van der Waals surface area (Å²) in [6.45, 7) is 23.5. The largest absolute Gasteiger partial charge is 0.275 e. The van der Waals surface area contributed by atoms with E-state index < -0.39 is 0 Å². The van der Waals surface area contributed by atoms with Crippen molar-refractivity contribution in [2.45, 2.75) is 85.5 Å². The summed E-state index contributed by atoms with van der Waals surface area (Å²) in [5.74, 6) is 0.370. The van der Waals surface area contributed by atoms with Crippen LogP contribution in [0.2, 0.25) is 0 Å². The number of fused-ring (bicyclic) bond motifs is 4. The van der Waals surface area contributed by atoms with Crippen LogP contribution in [-0.2, 0) is 16.2 Å². The number of hydrogen-bond acceptors (Lipinski definition) is 2. The highest BCUT2D eigenvalue weighted by atomic mass is 15.2. The zero-order valence-corrected chi connectivity index (χ0v) is 23.5. The molecule has 0 spiro atoms. The van der Waals surface area contributed by atoms with Gasteiger partial charge in [0, 0.05) is 17.8 Å². The molecule has 0 radical (unpaired) electrons. The SMILES string of the molecule is CC(C)C(=NC(=N)n1ccnc1)c1ccc2c(c1)C(C)(C)c1cc3c(cc1-2)C(C)(C)C(C)(C)C3(C)C. The smallest absolute Gasteiger partial charge is 0.227 e. The molecule has 4 heteroatoms. The van der Waals surface area contributed by atoms with Crippen LogP contribution in [0.15, 0.2) is 54.0 Å². The van der Waals surface area contributed by atoms with Crippen LogP contribution < -0.4 is 0 Å². The number of benzene rings is 2. The molecule has 1 aromatic heterocycles. The number of aromatic nitrogens is 2. The molecule has 2 aliphatic carbocycles. The minimum absolute atomic E-state index is 0.0822. The van der Waals surface area contributed by atoms with E-state index in [4.69, 9.17) is 10.4 Å². The van der Waals surface area contributed by atoms with Gasteiger partial charge in [0.2, 0.25) is 5.96 Å². The second kappa shape index (κ2) is 7.50. The van der Waals surface area contributed by atoms with Crippen molar-refractivity contribution in [2.75, 3.05) is 0 Å². The number of nitrogens with zero attached hydrogens (tertiary/aromatic N) is 3. The molecule has 36 heavy (non-hydrogen) atoms. The highest BCUT2D eigenvalue weighted by Crippen LogP contribution is 2.63. The molecule has 0 bridgehead atoms. The van der Waals surface area contributed by atoms with Gasteiger partial charge in [-0.2, -0.15) is 0 Å². The van der Waals surface area contributed by atoms with Gasteiger partial charge in [-0.1, -0.05) is 87.4 Å². The van der Waals surface area contributed by atoms with Crippen molar-refractivity contribution >= 4 is 11.7 Å². The summed E-state index contributed by atoms with van der Waals surface area (Å²) in [5.41, 5.74) is 10.7. The lowest BCUT2D eigenvalue weighted by Gasteiger charge is -2.44. The summed E-state index contributed by atoms with van der Waals surface area (Å²) in [4.78, 5) is 8.80. The third-order valence-electron chi connectivity index (χ3n) is 10.1. The van der Waals surface area contributed by atoms with Gasteiger partial charge in [0.15, 0.2) is 0 Å². The quantitative estimate of drug-likeness (QED) is 0.296. The minimum Gasteiger partial charge on any atom is -0.275 e. The van der Waals surface area contributed by atoms with E-state index in [1.807, 2.05) is 0 Å². The maximum absolute atomic E-state index is 8.47. The van der Waals surface area contributed by atoms with Crippen LogP contribution >= 0.6 is 0 Å². The molecule has 5 rings (SSSR count). The Bertz CT molecular complexity index is 1410. The Morgan fingerprint density at radius 3 is 2.03 bits per heavy atom. The van der Waals surface area contributed by atoms with E-state index in [-0.39, 0.29) is 33.5 Å². The lowest BCUT2D eigenvalue weighted by atomic mass is 9.59. The lowest BCUT2D eigenvalue weighted by Crippen LogP contribution is -2.42. The maximum Gasteiger partial charge on any atom is 0.227 e. The molecule has 3 aromatic rings. The molecule has 0 atom stereocenters. The first-order valence-electron chi connectivity index (χ1n) is 13.1. The fraction of sp³-hybridized carbons (Fsp3) is 0.469. The first-order chi connectivity index (χ1) is 16.6. The molecule has 1 N–H and O–H groups in total. The second-order valence-electron chi connectivity index (χ2n) is 13.1. The van der Waals surface area contributed by atoms with Gasteiger partial charge in [-0.25, -0.2) is 9.98 Å². The van der Waals surface area contributed by atoms with Crippen molar-refractivity contribution in [3.63, 3.8) is 0 Å². The molecule has 0 unspecified atom stereocenters.